The van der Waals surface area contributed by atoms with E-state index in [2.05, 4.69) is 56.0 Å². The Morgan fingerprint density at radius 2 is 2.11 bits per heavy atom. The van der Waals surface area contributed by atoms with E-state index in [1.165, 1.54) is 17.9 Å². The molecule has 3 heterocycles. The number of piperazine rings is 1. The molecule has 0 saturated carbocycles. The number of nitrogens with zero attached hydrogens (tertiary/aromatic N) is 5. The summed E-state index contributed by atoms with van der Waals surface area (Å²) in [5, 5.41) is 7.75. The van der Waals surface area contributed by atoms with Gasteiger partial charge in [-0.1, -0.05) is 5.16 Å². The molecule has 1 unspecified atom stereocenters. The normalized spacial score (nSPS) is 24.3. The maximum absolute atomic E-state index is 5.17. The number of rotatable bonds is 5. The first-order valence-electron chi connectivity index (χ1n) is 9.38. The Morgan fingerprint density at radius 3 is 2.63 bits per heavy atom. The molecule has 7 nitrogen and oxygen atoms in total. The second-order valence-corrected chi connectivity index (χ2v) is 8.62. The second-order valence-electron chi connectivity index (χ2n) is 7.51. The highest BCUT2D eigenvalue weighted by Gasteiger charge is 2.37. The molecule has 2 aliphatic heterocycles. The molecule has 154 valence electrons. The van der Waals surface area contributed by atoms with Gasteiger partial charge in [0.25, 0.3) is 0 Å². The standard InChI is InChI=1S/C18H32N6OS.HI/c1-15-11-16(21-25-15)12-23-6-8-24(9-7-23)17(19-2)20-13-18(22(3)4)5-10-26-14-18;/h11H,5-10,12-14H2,1-4H3,(H,19,20);1H. The fraction of sp³-hybridized carbons (Fsp3) is 0.778. The summed E-state index contributed by atoms with van der Waals surface area (Å²) in [5.74, 6) is 4.34. The quantitative estimate of drug-likeness (QED) is 0.370. The molecule has 0 amide bonds. The van der Waals surface area contributed by atoms with Crippen LogP contribution in [-0.4, -0.2) is 96.7 Å². The highest BCUT2D eigenvalue weighted by molar-refractivity contribution is 14.0. The monoisotopic (exact) mass is 508 g/mol. The summed E-state index contributed by atoms with van der Waals surface area (Å²) < 4.78 is 5.17. The summed E-state index contributed by atoms with van der Waals surface area (Å²) in [6.45, 7) is 7.76. The van der Waals surface area contributed by atoms with Crippen molar-refractivity contribution in [1.29, 1.82) is 0 Å². The zero-order valence-corrected chi connectivity index (χ0v) is 20.0. The van der Waals surface area contributed by atoms with Gasteiger partial charge >= 0.3 is 0 Å². The lowest BCUT2D eigenvalue weighted by Crippen LogP contribution is -2.57. The predicted molar refractivity (Wildman–Crippen MR) is 123 cm³/mol. The minimum absolute atomic E-state index is 0. The number of hydrogen-bond acceptors (Lipinski definition) is 6. The number of aliphatic imine (C=N–C) groups is 1. The third-order valence-electron chi connectivity index (χ3n) is 5.55. The first-order chi connectivity index (χ1) is 12.5. The van der Waals surface area contributed by atoms with Crippen molar-refractivity contribution in [2.24, 2.45) is 4.99 Å². The fourth-order valence-electron chi connectivity index (χ4n) is 3.66. The Balaban J connectivity index is 0.00000261. The molecule has 2 saturated heterocycles. The maximum atomic E-state index is 5.17. The van der Waals surface area contributed by atoms with Gasteiger partial charge in [0.1, 0.15) is 5.76 Å². The summed E-state index contributed by atoms with van der Waals surface area (Å²) in [6.07, 6.45) is 1.24. The van der Waals surface area contributed by atoms with E-state index in [0.717, 1.165) is 56.7 Å². The SMILES string of the molecule is CN=C(NCC1(N(C)C)CCSC1)N1CCN(Cc2cc(C)on2)CC1.I. The molecule has 1 aromatic heterocycles. The highest BCUT2D eigenvalue weighted by Crippen LogP contribution is 2.31. The number of hydrogen-bond donors (Lipinski definition) is 1. The minimum Gasteiger partial charge on any atom is -0.361 e. The number of nitrogens with one attached hydrogen (secondary N) is 1. The fourth-order valence-corrected chi connectivity index (χ4v) is 5.22. The van der Waals surface area contributed by atoms with Crippen molar-refractivity contribution in [3.63, 3.8) is 0 Å². The van der Waals surface area contributed by atoms with Crippen LogP contribution in [0, 0.1) is 6.92 Å². The first-order valence-corrected chi connectivity index (χ1v) is 10.5. The van der Waals surface area contributed by atoms with Gasteiger partial charge in [0.15, 0.2) is 5.96 Å². The molecule has 1 aromatic rings. The number of aromatic nitrogens is 1. The molecule has 1 N–H and O–H groups in total. The molecule has 0 spiro atoms. The van der Waals surface area contributed by atoms with Crippen LogP contribution in [0.15, 0.2) is 15.6 Å². The molecule has 0 radical (unpaired) electrons. The molecule has 27 heavy (non-hydrogen) atoms. The third kappa shape index (κ3) is 5.74. The smallest absolute Gasteiger partial charge is 0.193 e. The molecule has 2 aliphatic rings. The molecule has 3 rings (SSSR count). The lowest BCUT2D eigenvalue weighted by Gasteiger charge is -2.39. The average Bonchev–Trinajstić information content (AvgIpc) is 3.27. The van der Waals surface area contributed by atoms with Gasteiger partial charge in [-0.15, -0.1) is 24.0 Å². The molecular weight excluding hydrogens is 475 g/mol. The van der Waals surface area contributed by atoms with Crippen molar-refractivity contribution in [2.45, 2.75) is 25.4 Å². The van der Waals surface area contributed by atoms with E-state index in [-0.39, 0.29) is 29.5 Å². The van der Waals surface area contributed by atoms with Crippen molar-refractivity contribution in [1.82, 2.24) is 25.2 Å². The Bertz CT molecular complexity index is 609. The van der Waals surface area contributed by atoms with E-state index in [1.54, 1.807) is 0 Å². The molecular formula is C18H33IN6OS. The van der Waals surface area contributed by atoms with Gasteiger partial charge < -0.3 is 19.6 Å². The first kappa shape index (κ1) is 22.8. The van der Waals surface area contributed by atoms with Gasteiger partial charge in [-0.25, -0.2) is 0 Å². The van der Waals surface area contributed by atoms with Crippen molar-refractivity contribution in [3.05, 3.63) is 17.5 Å². The predicted octanol–water partition coefficient (Wildman–Crippen LogP) is 1.73. The number of thioether (sulfide) groups is 1. The minimum atomic E-state index is 0. The summed E-state index contributed by atoms with van der Waals surface area (Å²) in [5.41, 5.74) is 1.26. The lowest BCUT2D eigenvalue weighted by molar-refractivity contribution is 0.161. The van der Waals surface area contributed by atoms with Gasteiger partial charge in [-0.3, -0.25) is 9.89 Å². The van der Waals surface area contributed by atoms with Crippen LogP contribution in [0.5, 0.6) is 0 Å². The number of aryl methyl sites for hydroxylation is 1. The van der Waals surface area contributed by atoms with Crippen LogP contribution < -0.4 is 5.32 Å². The summed E-state index contributed by atoms with van der Waals surface area (Å²) in [4.78, 5) is 11.7. The highest BCUT2D eigenvalue weighted by atomic mass is 127. The zero-order valence-electron chi connectivity index (χ0n) is 16.9. The summed E-state index contributed by atoms with van der Waals surface area (Å²) in [7, 11) is 6.28. The van der Waals surface area contributed by atoms with Crippen LogP contribution in [0.25, 0.3) is 0 Å². The van der Waals surface area contributed by atoms with E-state index < -0.39 is 0 Å². The summed E-state index contributed by atoms with van der Waals surface area (Å²) in [6, 6.07) is 2.02. The van der Waals surface area contributed by atoms with E-state index in [9.17, 15) is 0 Å². The van der Waals surface area contributed by atoms with Gasteiger partial charge in [0, 0.05) is 63.7 Å². The summed E-state index contributed by atoms with van der Waals surface area (Å²) >= 11 is 2.05. The van der Waals surface area contributed by atoms with Crippen LogP contribution in [0.3, 0.4) is 0 Å². The molecule has 2 fully saturated rings. The van der Waals surface area contributed by atoms with Crippen LogP contribution in [0.4, 0.5) is 0 Å². The molecule has 0 aromatic carbocycles. The molecule has 0 bridgehead atoms. The van der Waals surface area contributed by atoms with Crippen molar-refractivity contribution in [2.75, 3.05) is 65.4 Å². The lowest BCUT2D eigenvalue weighted by atomic mass is 9.97. The average molecular weight is 508 g/mol. The van der Waals surface area contributed by atoms with Gasteiger partial charge in [0.2, 0.25) is 0 Å². The molecule has 9 heteroatoms. The largest absolute Gasteiger partial charge is 0.361 e. The maximum Gasteiger partial charge on any atom is 0.193 e. The Hall–Kier alpha value is -0.520. The number of likely N-dealkylation sites (N-methyl/N-ethyl adjacent to an activating group) is 1. The van der Waals surface area contributed by atoms with Crippen LogP contribution >= 0.6 is 35.7 Å². The van der Waals surface area contributed by atoms with Crippen molar-refractivity contribution < 1.29 is 4.52 Å². The molecule has 1 atom stereocenters. The van der Waals surface area contributed by atoms with Crippen LogP contribution in [0.2, 0.25) is 0 Å². The van der Waals surface area contributed by atoms with Gasteiger partial charge in [0.05, 0.1) is 5.69 Å². The van der Waals surface area contributed by atoms with E-state index in [0.29, 0.717) is 0 Å². The van der Waals surface area contributed by atoms with Crippen LogP contribution in [0.1, 0.15) is 17.9 Å². The van der Waals surface area contributed by atoms with E-state index >= 15 is 0 Å². The second kappa shape index (κ2) is 10.3. The van der Waals surface area contributed by atoms with Crippen molar-refractivity contribution in [3.8, 4) is 0 Å². The zero-order chi connectivity index (χ0) is 18.6. The van der Waals surface area contributed by atoms with Crippen molar-refractivity contribution >= 4 is 41.7 Å². The number of guanidine groups is 1. The van der Waals surface area contributed by atoms with Gasteiger partial charge in [-0.2, -0.15) is 11.8 Å². The Morgan fingerprint density at radius 1 is 1.37 bits per heavy atom. The Labute approximate surface area is 184 Å². The number of halogens is 1. The van der Waals surface area contributed by atoms with Crippen LogP contribution in [-0.2, 0) is 6.54 Å². The Kier molecular flexibility index (Phi) is 8.70. The van der Waals surface area contributed by atoms with E-state index in [1.807, 2.05) is 20.0 Å². The molecule has 0 aliphatic carbocycles. The van der Waals surface area contributed by atoms with Gasteiger partial charge in [-0.05, 0) is 33.2 Å². The third-order valence-corrected chi connectivity index (χ3v) is 6.79. The topological polar surface area (TPSA) is 60.1 Å². The van der Waals surface area contributed by atoms with E-state index in [4.69, 9.17) is 4.52 Å².